The van der Waals surface area contributed by atoms with Crippen molar-refractivity contribution in [3.63, 3.8) is 0 Å². The number of hydrogen-bond donors (Lipinski definition) is 1. The van der Waals surface area contributed by atoms with Crippen molar-refractivity contribution in [2.24, 2.45) is 0 Å². The van der Waals surface area contributed by atoms with Gasteiger partial charge < -0.3 is 14.8 Å². The molecule has 23 heavy (non-hydrogen) atoms. The van der Waals surface area contributed by atoms with Gasteiger partial charge in [0.15, 0.2) is 11.5 Å². The number of methoxy groups -OCH3 is 2. The Morgan fingerprint density at radius 2 is 1.78 bits per heavy atom. The number of ether oxygens (including phenoxy) is 2. The summed E-state index contributed by atoms with van der Waals surface area (Å²) in [5, 5.41) is 3.02. The van der Waals surface area contributed by atoms with Crippen LogP contribution in [0, 0.1) is 0 Å². The van der Waals surface area contributed by atoms with Crippen molar-refractivity contribution < 1.29 is 14.3 Å². The van der Waals surface area contributed by atoms with Gasteiger partial charge in [-0.3, -0.25) is 4.79 Å². The third kappa shape index (κ3) is 4.49. The molecule has 2 aromatic carbocycles. The highest BCUT2D eigenvalue weighted by atomic mass is 16.5. The summed E-state index contributed by atoms with van der Waals surface area (Å²) >= 11 is 0. The first-order valence-corrected chi connectivity index (χ1v) is 7.70. The maximum absolute atomic E-state index is 12.2. The van der Waals surface area contributed by atoms with Crippen LogP contribution in [0.25, 0.3) is 0 Å². The fourth-order valence-corrected chi connectivity index (χ4v) is 2.54. The van der Waals surface area contributed by atoms with Gasteiger partial charge in [0.25, 0.3) is 0 Å². The number of hydrogen-bond acceptors (Lipinski definition) is 3. The van der Waals surface area contributed by atoms with Crippen LogP contribution in [0.4, 0.5) is 0 Å². The molecular weight excluding hydrogens is 290 g/mol. The predicted molar refractivity (Wildman–Crippen MR) is 90.9 cm³/mol. The minimum Gasteiger partial charge on any atom is -0.493 e. The van der Waals surface area contributed by atoms with Crippen LogP contribution in [-0.2, 0) is 11.2 Å². The van der Waals surface area contributed by atoms with Gasteiger partial charge in [-0.15, -0.1) is 0 Å². The second-order valence-corrected chi connectivity index (χ2v) is 5.35. The van der Waals surface area contributed by atoms with Crippen molar-refractivity contribution in [2.75, 3.05) is 14.2 Å². The Labute approximate surface area is 137 Å². The molecule has 0 aliphatic heterocycles. The second kappa shape index (κ2) is 8.22. The van der Waals surface area contributed by atoms with E-state index in [9.17, 15) is 4.79 Å². The van der Waals surface area contributed by atoms with Crippen LogP contribution in [-0.4, -0.2) is 20.1 Å². The fraction of sp³-hybridized carbons (Fsp3) is 0.316. The van der Waals surface area contributed by atoms with Crippen molar-refractivity contribution in [3.8, 4) is 11.5 Å². The number of nitrogens with one attached hydrogen (secondary N) is 1. The van der Waals surface area contributed by atoms with Crippen molar-refractivity contribution >= 4 is 5.91 Å². The van der Waals surface area contributed by atoms with Crippen LogP contribution in [0.5, 0.6) is 11.5 Å². The Kier molecular flexibility index (Phi) is 6.03. The summed E-state index contributed by atoms with van der Waals surface area (Å²) in [5.41, 5.74) is 2.06. The molecule has 0 aromatic heterocycles. The highest BCUT2D eigenvalue weighted by molar-refractivity contribution is 5.76. The predicted octanol–water partition coefficient (Wildman–Crippen LogP) is 3.51. The van der Waals surface area contributed by atoms with Crippen molar-refractivity contribution in [1.29, 1.82) is 0 Å². The highest BCUT2D eigenvalue weighted by Gasteiger charge is 2.13. The molecule has 4 nitrogen and oxygen atoms in total. The summed E-state index contributed by atoms with van der Waals surface area (Å²) in [6.07, 6.45) is 1.01. The van der Waals surface area contributed by atoms with E-state index < -0.39 is 0 Å². The van der Waals surface area contributed by atoms with Gasteiger partial charge in [-0.25, -0.2) is 0 Å². The molecule has 0 radical (unpaired) electrons. The molecule has 0 aliphatic carbocycles. The zero-order valence-electron chi connectivity index (χ0n) is 13.8. The van der Waals surface area contributed by atoms with Crippen LogP contribution in [0.1, 0.15) is 30.5 Å². The summed E-state index contributed by atoms with van der Waals surface area (Å²) in [7, 11) is 3.22. The van der Waals surface area contributed by atoms with Crippen LogP contribution in [0.3, 0.4) is 0 Å². The lowest BCUT2D eigenvalue weighted by Gasteiger charge is -2.15. The normalized spacial score (nSPS) is 11.6. The summed E-state index contributed by atoms with van der Waals surface area (Å²) in [6.45, 7) is 1.99. The van der Waals surface area contributed by atoms with Crippen LogP contribution in [0.2, 0.25) is 0 Å². The molecule has 1 amide bonds. The molecular formula is C19H23NO3. The number of para-hydroxylation sites is 1. The van der Waals surface area contributed by atoms with E-state index in [1.165, 1.54) is 0 Å². The van der Waals surface area contributed by atoms with Gasteiger partial charge in [0.05, 0.1) is 20.3 Å². The van der Waals surface area contributed by atoms with Gasteiger partial charge in [-0.2, -0.15) is 0 Å². The van der Waals surface area contributed by atoms with E-state index in [4.69, 9.17) is 9.47 Å². The van der Waals surface area contributed by atoms with Gasteiger partial charge >= 0.3 is 0 Å². The van der Waals surface area contributed by atoms with E-state index >= 15 is 0 Å². The largest absolute Gasteiger partial charge is 0.493 e. The Morgan fingerprint density at radius 3 is 2.43 bits per heavy atom. The smallest absolute Gasteiger partial charge is 0.220 e. The lowest BCUT2D eigenvalue weighted by Crippen LogP contribution is -2.26. The zero-order valence-corrected chi connectivity index (χ0v) is 13.8. The van der Waals surface area contributed by atoms with Gasteiger partial charge in [0, 0.05) is 6.42 Å². The van der Waals surface area contributed by atoms with Crippen LogP contribution < -0.4 is 14.8 Å². The van der Waals surface area contributed by atoms with Gasteiger partial charge in [0.2, 0.25) is 5.91 Å². The molecule has 1 atom stereocenters. The minimum atomic E-state index is -0.00379. The number of carbonyl (C=O) groups excluding carboxylic acids is 1. The molecule has 2 aromatic rings. The van der Waals surface area contributed by atoms with E-state index in [1.54, 1.807) is 14.2 Å². The molecule has 0 saturated carbocycles. The highest BCUT2D eigenvalue weighted by Crippen LogP contribution is 2.31. The van der Waals surface area contributed by atoms with Crippen molar-refractivity contribution in [3.05, 3.63) is 59.7 Å². The molecule has 0 unspecified atom stereocenters. The molecule has 0 aliphatic rings. The second-order valence-electron chi connectivity index (χ2n) is 5.35. The van der Waals surface area contributed by atoms with Gasteiger partial charge in [-0.05, 0) is 30.5 Å². The Morgan fingerprint density at radius 1 is 1.04 bits per heavy atom. The summed E-state index contributed by atoms with van der Waals surface area (Å²) in [4.78, 5) is 12.2. The first-order valence-electron chi connectivity index (χ1n) is 7.70. The molecule has 0 bridgehead atoms. The Hall–Kier alpha value is -2.49. The topological polar surface area (TPSA) is 47.6 Å². The van der Waals surface area contributed by atoms with Gasteiger partial charge in [-0.1, -0.05) is 42.5 Å². The maximum atomic E-state index is 12.2. The first-order chi connectivity index (χ1) is 11.2. The number of amides is 1. The van der Waals surface area contributed by atoms with Crippen molar-refractivity contribution in [1.82, 2.24) is 5.32 Å². The number of benzene rings is 2. The van der Waals surface area contributed by atoms with E-state index in [2.05, 4.69) is 5.32 Å². The molecule has 0 saturated heterocycles. The third-order valence-electron chi connectivity index (χ3n) is 3.78. The zero-order chi connectivity index (χ0) is 16.7. The van der Waals surface area contributed by atoms with Gasteiger partial charge in [0.1, 0.15) is 0 Å². The fourth-order valence-electron chi connectivity index (χ4n) is 2.54. The molecule has 0 spiro atoms. The monoisotopic (exact) mass is 313 g/mol. The third-order valence-corrected chi connectivity index (χ3v) is 3.78. The molecule has 122 valence electrons. The molecule has 0 heterocycles. The van der Waals surface area contributed by atoms with E-state index in [-0.39, 0.29) is 11.9 Å². The maximum Gasteiger partial charge on any atom is 0.220 e. The number of aryl methyl sites for hydroxylation is 1. The van der Waals surface area contributed by atoms with Crippen molar-refractivity contribution in [2.45, 2.75) is 25.8 Å². The Bertz CT molecular complexity index is 640. The number of carbonyl (C=O) groups is 1. The molecule has 2 rings (SSSR count). The average Bonchev–Trinajstić information content (AvgIpc) is 2.60. The lowest BCUT2D eigenvalue weighted by atomic mass is 10.1. The summed E-state index contributed by atoms with van der Waals surface area (Å²) in [6, 6.07) is 15.6. The minimum absolute atomic E-state index is 0.00379. The molecule has 1 N–H and O–H groups in total. The SMILES string of the molecule is COc1cccc(CCC(=O)N[C@H](C)c2ccccc2)c1OC. The molecule has 4 heteroatoms. The van der Waals surface area contributed by atoms with E-state index in [0.29, 0.717) is 24.3 Å². The molecule has 0 fully saturated rings. The Balaban J connectivity index is 1.95. The number of rotatable bonds is 7. The lowest BCUT2D eigenvalue weighted by molar-refractivity contribution is -0.121. The van der Waals surface area contributed by atoms with E-state index in [0.717, 1.165) is 11.1 Å². The summed E-state index contributed by atoms with van der Waals surface area (Å²) < 4.78 is 10.7. The standard InChI is InChI=1S/C19H23NO3/c1-14(15-8-5-4-6-9-15)20-18(21)13-12-16-10-7-11-17(22-2)19(16)23-3/h4-11,14H,12-13H2,1-3H3,(H,20,21)/t14-/m1/s1. The quantitative estimate of drug-likeness (QED) is 0.851. The van der Waals surface area contributed by atoms with Crippen LogP contribution in [0.15, 0.2) is 48.5 Å². The average molecular weight is 313 g/mol. The van der Waals surface area contributed by atoms with E-state index in [1.807, 2.05) is 55.5 Å². The first kappa shape index (κ1) is 16.9. The van der Waals surface area contributed by atoms with Crippen LogP contribution >= 0.6 is 0 Å². The summed E-state index contributed by atoms with van der Waals surface area (Å²) in [5.74, 6) is 1.40.